The van der Waals surface area contributed by atoms with Crippen LogP contribution in [0.15, 0.2) is 48.5 Å². The van der Waals surface area contributed by atoms with E-state index in [4.69, 9.17) is 4.98 Å². The Bertz CT molecular complexity index is 705. The molecule has 0 N–H and O–H groups in total. The monoisotopic (exact) mass is 425 g/mol. The molecule has 2 aromatic carbocycles. The van der Waals surface area contributed by atoms with Crippen molar-refractivity contribution in [2.24, 2.45) is 0 Å². The fourth-order valence-electron chi connectivity index (χ4n) is 2.20. The van der Waals surface area contributed by atoms with Crippen LogP contribution >= 0.6 is 0 Å². The number of fused-ring (bicyclic) bond motifs is 1. The third-order valence-electron chi connectivity index (χ3n) is 3.16. The molecule has 2 heteroatoms. The molecule has 0 aliphatic carbocycles. The van der Waals surface area contributed by atoms with Crippen LogP contribution in [0.3, 0.4) is 0 Å². The van der Waals surface area contributed by atoms with Crippen molar-refractivity contribution in [3.05, 3.63) is 65.7 Å². The minimum atomic E-state index is 0. The van der Waals surface area contributed by atoms with E-state index < -0.39 is 0 Å². The summed E-state index contributed by atoms with van der Waals surface area (Å²) >= 11 is 0. The van der Waals surface area contributed by atoms with Gasteiger partial charge < -0.3 is 0 Å². The van der Waals surface area contributed by atoms with Crippen LogP contribution in [-0.2, 0) is 20.1 Å². The minimum absolute atomic E-state index is 0. The summed E-state index contributed by atoms with van der Waals surface area (Å²) in [6.07, 6.45) is 0. The molecule has 19 heavy (non-hydrogen) atoms. The van der Waals surface area contributed by atoms with Crippen molar-refractivity contribution in [3.63, 3.8) is 0 Å². The maximum Gasteiger partial charge on any atom is 0.0598 e. The number of nitrogens with zero attached hydrogens (tertiary/aromatic N) is 1. The van der Waals surface area contributed by atoms with Gasteiger partial charge in [-0.15, -0.1) is 35.9 Å². The Hall–Kier alpha value is -1.50. The third-order valence-corrected chi connectivity index (χ3v) is 3.16. The van der Waals surface area contributed by atoms with E-state index in [2.05, 4.69) is 44.2 Å². The number of aryl methyl sites for hydroxylation is 2. The van der Waals surface area contributed by atoms with E-state index in [1.54, 1.807) is 0 Å². The fraction of sp³-hybridized carbons (Fsp3) is 0.118. The van der Waals surface area contributed by atoms with Crippen LogP contribution in [0, 0.1) is 19.9 Å². The Morgan fingerprint density at radius 1 is 1.00 bits per heavy atom. The quantitative estimate of drug-likeness (QED) is 0.531. The average Bonchev–Trinajstić information content (AvgIpc) is 2.40. The predicted octanol–water partition coefficient (Wildman–Crippen LogP) is 4.32. The summed E-state index contributed by atoms with van der Waals surface area (Å²) in [5.74, 6) is 0. The van der Waals surface area contributed by atoms with E-state index in [0.717, 1.165) is 16.8 Å². The molecule has 1 nitrogen and oxygen atoms in total. The van der Waals surface area contributed by atoms with Gasteiger partial charge in [0.1, 0.15) is 0 Å². The smallest absolute Gasteiger partial charge is 0.0598 e. The molecule has 0 amide bonds. The van der Waals surface area contributed by atoms with Crippen LogP contribution in [0.25, 0.3) is 22.2 Å². The normalized spacial score (nSPS) is 10.2. The molecule has 0 fully saturated rings. The van der Waals surface area contributed by atoms with Crippen molar-refractivity contribution in [2.45, 2.75) is 13.8 Å². The molecule has 1 radical (unpaired) electrons. The van der Waals surface area contributed by atoms with Crippen molar-refractivity contribution < 1.29 is 20.1 Å². The number of hydrogen-bond acceptors (Lipinski definition) is 1. The Morgan fingerprint density at radius 3 is 2.58 bits per heavy atom. The first-order valence-electron chi connectivity index (χ1n) is 6.09. The zero-order valence-electron chi connectivity index (χ0n) is 10.9. The van der Waals surface area contributed by atoms with Gasteiger partial charge in [-0.25, -0.2) is 0 Å². The number of benzene rings is 2. The Balaban J connectivity index is 0.00000133. The van der Waals surface area contributed by atoms with Gasteiger partial charge >= 0.3 is 0 Å². The molecule has 1 heterocycles. The number of rotatable bonds is 1. The van der Waals surface area contributed by atoms with E-state index in [-0.39, 0.29) is 20.1 Å². The van der Waals surface area contributed by atoms with Crippen LogP contribution in [-0.4, -0.2) is 4.98 Å². The summed E-state index contributed by atoms with van der Waals surface area (Å²) in [7, 11) is 0. The Kier molecular flexibility index (Phi) is 4.14. The van der Waals surface area contributed by atoms with Gasteiger partial charge in [0.15, 0.2) is 0 Å². The molecule has 0 spiro atoms. The molecule has 0 aliphatic rings. The SMILES string of the molecule is Cc1ccc2nc(-c3[c-]cccc3)cc(C)c2c1.[Ir]. The molecular formula is C17H14IrN-. The topological polar surface area (TPSA) is 12.9 Å². The summed E-state index contributed by atoms with van der Waals surface area (Å²) in [4.78, 5) is 4.72. The first kappa shape index (κ1) is 13.9. The molecule has 0 aliphatic heterocycles. The summed E-state index contributed by atoms with van der Waals surface area (Å²) in [6.45, 7) is 4.24. The molecule has 3 aromatic rings. The Morgan fingerprint density at radius 2 is 1.84 bits per heavy atom. The van der Waals surface area contributed by atoms with Crippen molar-refractivity contribution in [1.82, 2.24) is 4.98 Å². The van der Waals surface area contributed by atoms with Crippen molar-refractivity contribution >= 4 is 10.9 Å². The number of pyridine rings is 1. The number of hydrogen-bond donors (Lipinski definition) is 0. The van der Waals surface area contributed by atoms with Crippen molar-refractivity contribution in [1.29, 1.82) is 0 Å². The third kappa shape index (κ3) is 2.75. The second-order valence-corrected chi connectivity index (χ2v) is 4.62. The second kappa shape index (κ2) is 5.64. The zero-order chi connectivity index (χ0) is 12.5. The standard InChI is InChI=1S/C17H14N.Ir/c1-12-8-9-16-15(10-12)13(2)11-17(18-16)14-6-4-3-5-7-14;/h3-6,8-11H,1-2H3;/q-1;. The van der Waals surface area contributed by atoms with Gasteiger partial charge in [0, 0.05) is 25.5 Å². The second-order valence-electron chi connectivity index (χ2n) is 4.62. The van der Waals surface area contributed by atoms with Gasteiger partial charge in [-0.05, 0) is 37.2 Å². The van der Waals surface area contributed by atoms with Gasteiger partial charge in [-0.3, -0.25) is 4.98 Å². The molecule has 1 aromatic heterocycles. The summed E-state index contributed by atoms with van der Waals surface area (Å²) < 4.78 is 0. The summed E-state index contributed by atoms with van der Waals surface area (Å²) in [5.41, 5.74) is 5.61. The molecule has 0 atom stereocenters. The van der Waals surface area contributed by atoms with Gasteiger partial charge in [0.25, 0.3) is 0 Å². The van der Waals surface area contributed by atoms with E-state index in [1.165, 1.54) is 16.5 Å². The maximum absolute atomic E-state index is 4.72. The minimum Gasteiger partial charge on any atom is -0.296 e. The van der Waals surface area contributed by atoms with Crippen LogP contribution < -0.4 is 0 Å². The summed E-state index contributed by atoms with van der Waals surface area (Å²) in [5, 5.41) is 1.23. The van der Waals surface area contributed by atoms with Crippen LogP contribution in [0.2, 0.25) is 0 Å². The summed E-state index contributed by atoms with van der Waals surface area (Å²) in [6, 6.07) is 19.7. The largest absolute Gasteiger partial charge is 0.296 e. The Labute approximate surface area is 127 Å². The molecule has 0 unspecified atom stereocenters. The van der Waals surface area contributed by atoms with Crippen LogP contribution in [0.5, 0.6) is 0 Å². The van der Waals surface area contributed by atoms with Gasteiger partial charge in [0.2, 0.25) is 0 Å². The van der Waals surface area contributed by atoms with E-state index >= 15 is 0 Å². The van der Waals surface area contributed by atoms with Crippen LogP contribution in [0.1, 0.15) is 11.1 Å². The van der Waals surface area contributed by atoms with Crippen molar-refractivity contribution in [3.8, 4) is 11.3 Å². The molecule has 97 valence electrons. The van der Waals surface area contributed by atoms with Gasteiger partial charge in [-0.1, -0.05) is 17.7 Å². The maximum atomic E-state index is 4.72. The van der Waals surface area contributed by atoms with E-state index in [9.17, 15) is 0 Å². The molecule has 0 bridgehead atoms. The van der Waals surface area contributed by atoms with E-state index in [1.807, 2.05) is 24.3 Å². The average molecular weight is 425 g/mol. The van der Waals surface area contributed by atoms with Gasteiger partial charge in [-0.2, -0.15) is 0 Å². The molecular weight excluding hydrogens is 410 g/mol. The first-order valence-corrected chi connectivity index (χ1v) is 6.09. The van der Waals surface area contributed by atoms with Crippen LogP contribution in [0.4, 0.5) is 0 Å². The zero-order valence-corrected chi connectivity index (χ0v) is 13.3. The van der Waals surface area contributed by atoms with Crippen molar-refractivity contribution in [2.75, 3.05) is 0 Å². The predicted molar refractivity (Wildman–Crippen MR) is 75.5 cm³/mol. The van der Waals surface area contributed by atoms with E-state index in [0.29, 0.717) is 0 Å². The molecule has 0 saturated heterocycles. The number of aromatic nitrogens is 1. The molecule has 3 rings (SSSR count). The fourth-order valence-corrected chi connectivity index (χ4v) is 2.20. The molecule has 0 saturated carbocycles. The van der Waals surface area contributed by atoms with Gasteiger partial charge in [0.05, 0.1) is 5.52 Å². The first-order chi connectivity index (χ1) is 8.74.